The van der Waals surface area contributed by atoms with E-state index in [-0.39, 0.29) is 0 Å². The maximum Gasteiger partial charge on any atom is 0.00632 e. The van der Waals surface area contributed by atoms with E-state index in [9.17, 15) is 0 Å². The van der Waals surface area contributed by atoms with Crippen molar-refractivity contribution in [2.75, 3.05) is 0 Å². The van der Waals surface area contributed by atoms with E-state index in [0.29, 0.717) is 11.8 Å². The zero-order valence-electron chi connectivity index (χ0n) is 17.9. The van der Waals surface area contributed by atoms with Gasteiger partial charge in [-0.15, -0.1) is 0 Å². The highest BCUT2D eigenvalue weighted by Crippen LogP contribution is 2.51. The van der Waals surface area contributed by atoms with Crippen LogP contribution in [0.1, 0.15) is 74.3 Å². The van der Waals surface area contributed by atoms with E-state index in [1.165, 1.54) is 62.1 Å². The Morgan fingerprint density at radius 2 is 1.30 bits per heavy atom. The van der Waals surface area contributed by atoms with Crippen molar-refractivity contribution in [1.29, 1.82) is 0 Å². The summed E-state index contributed by atoms with van der Waals surface area (Å²) in [6.45, 7) is 0. The van der Waals surface area contributed by atoms with Crippen molar-refractivity contribution in [3.8, 4) is 0 Å². The number of allylic oxidation sites excluding steroid dienone is 8. The minimum atomic E-state index is 0.593. The smallest absolute Gasteiger partial charge is 0.00632 e. The number of hydrogen-bond donors (Lipinski definition) is 0. The lowest BCUT2D eigenvalue weighted by atomic mass is 9.65. The second kappa shape index (κ2) is 7.73. The van der Waals surface area contributed by atoms with Crippen LogP contribution in [0.2, 0.25) is 0 Å². The molecule has 6 rings (SSSR count). The van der Waals surface area contributed by atoms with E-state index in [4.69, 9.17) is 0 Å². The molecule has 0 spiro atoms. The van der Waals surface area contributed by atoms with E-state index in [2.05, 4.69) is 72.9 Å². The molecule has 4 atom stereocenters. The quantitative estimate of drug-likeness (QED) is 0.481. The van der Waals surface area contributed by atoms with Crippen molar-refractivity contribution in [3.63, 3.8) is 0 Å². The molecule has 0 saturated heterocycles. The monoisotopic (exact) mass is 392 g/mol. The Balaban J connectivity index is 1.55. The van der Waals surface area contributed by atoms with Crippen molar-refractivity contribution >= 4 is 10.8 Å². The maximum absolute atomic E-state index is 2.51. The van der Waals surface area contributed by atoms with Crippen LogP contribution in [0.5, 0.6) is 0 Å². The number of fused-ring (bicyclic) bond motifs is 3. The van der Waals surface area contributed by atoms with Gasteiger partial charge in [0, 0.05) is 11.8 Å². The van der Waals surface area contributed by atoms with Crippen LogP contribution in [-0.4, -0.2) is 0 Å². The molecule has 2 aromatic carbocycles. The minimum absolute atomic E-state index is 0.593. The summed E-state index contributed by atoms with van der Waals surface area (Å²) in [4.78, 5) is 0. The molecule has 0 nitrogen and oxygen atoms in total. The van der Waals surface area contributed by atoms with E-state index in [1.807, 2.05) is 0 Å². The van der Waals surface area contributed by atoms with E-state index in [1.54, 1.807) is 22.3 Å². The average molecular weight is 393 g/mol. The highest BCUT2D eigenvalue weighted by molar-refractivity contribution is 5.88. The van der Waals surface area contributed by atoms with Crippen LogP contribution in [0.3, 0.4) is 0 Å². The van der Waals surface area contributed by atoms with Gasteiger partial charge >= 0.3 is 0 Å². The van der Waals surface area contributed by atoms with Gasteiger partial charge in [0.1, 0.15) is 0 Å². The van der Waals surface area contributed by atoms with Crippen molar-refractivity contribution in [2.24, 2.45) is 11.8 Å². The normalized spacial score (nSPS) is 30.4. The molecule has 30 heavy (non-hydrogen) atoms. The molecule has 4 unspecified atom stereocenters. The molecule has 0 heteroatoms. The van der Waals surface area contributed by atoms with E-state index >= 15 is 0 Å². The summed E-state index contributed by atoms with van der Waals surface area (Å²) >= 11 is 0. The van der Waals surface area contributed by atoms with E-state index in [0.717, 1.165) is 11.8 Å². The molecule has 0 aliphatic heterocycles. The van der Waals surface area contributed by atoms with Crippen LogP contribution >= 0.6 is 0 Å². The van der Waals surface area contributed by atoms with Crippen LogP contribution in [0, 0.1) is 11.8 Å². The van der Waals surface area contributed by atoms with Crippen molar-refractivity contribution < 1.29 is 0 Å². The average Bonchev–Trinajstić information content (AvgIpc) is 2.83. The zero-order chi connectivity index (χ0) is 19.9. The predicted octanol–water partition coefficient (Wildman–Crippen LogP) is 8.38. The molecule has 2 saturated carbocycles. The fourth-order valence-electron chi connectivity index (χ4n) is 6.88. The summed E-state index contributed by atoms with van der Waals surface area (Å²) in [6.07, 6.45) is 24.9. The topological polar surface area (TPSA) is 0 Å². The molecule has 0 aromatic heterocycles. The Bertz CT molecular complexity index is 1080. The molecule has 4 aliphatic rings. The Labute approximate surface area is 181 Å². The van der Waals surface area contributed by atoms with Gasteiger partial charge in [-0.1, -0.05) is 96.8 Å². The molecule has 0 radical (unpaired) electrons. The van der Waals surface area contributed by atoms with Crippen LogP contribution in [0.4, 0.5) is 0 Å². The van der Waals surface area contributed by atoms with Crippen LogP contribution in [0.25, 0.3) is 10.8 Å². The summed E-state index contributed by atoms with van der Waals surface area (Å²) in [5.74, 6) is 2.73. The van der Waals surface area contributed by atoms with Gasteiger partial charge in [-0.25, -0.2) is 0 Å². The third-order valence-electron chi connectivity index (χ3n) is 8.26. The largest absolute Gasteiger partial charge is 0.0839 e. The summed E-state index contributed by atoms with van der Waals surface area (Å²) < 4.78 is 0. The second-order valence-corrected chi connectivity index (χ2v) is 9.81. The maximum atomic E-state index is 2.51. The molecule has 2 fully saturated rings. The van der Waals surface area contributed by atoms with Gasteiger partial charge in [-0.2, -0.15) is 0 Å². The third kappa shape index (κ3) is 3.04. The highest BCUT2D eigenvalue weighted by Gasteiger charge is 2.35. The lowest BCUT2D eigenvalue weighted by molar-refractivity contribution is 0.405. The molecular formula is C30H32. The first-order valence-electron chi connectivity index (χ1n) is 12.1. The standard InChI is InChI=1S/C30H32/c1-4-14-24-21(9-1)12-7-17-27(24)29-20-19-23-11-3-6-16-26(23)30(29)28-18-8-13-22-10-2-5-15-25(22)28/h1-6,11,14-16,19-22,27-28H,7-10,12-13,17-18H2. The molecule has 0 amide bonds. The third-order valence-corrected chi connectivity index (χ3v) is 8.26. The molecule has 152 valence electrons. The van der Waals surface area contributed by atoms with Crippen molar-refractivity contribution in [1.82, 2.24) is 0 Å². The number of benzene rings is 2. The summed E-state index contributed by atoms with van der Waals surface area (Å²) in [5.41, 5.74) is 6.73. The fourth-order valence-corrected chi connectivity index (χ4v) is 6.88. The first kappa shape index (κ1) is 18.4. The zero-order valence-corrected chi connectivity index (χ0v) is 17.9. The van der Waals surface area contributed by atoms with E-state index < -0.39 is 0 Å². The van der Waals surface area contributed by atoms with Gasteiger partial charge in [0.2, 0.25) is 0 Å². The van der Waals surface area contributed by atoms with Gasteiger partial charge < -0.3 is 0 Å². The molecule has 2 aromatic rings. The van der Waals surface area contributed by atoms with Crippen LogP contribution in [-0.2, 0) is 0 Å². The molecular weight excluding hydrogens is 360 g/mol. The Kier molecular flexibility index (Phi) is 4.75. The molecule has 0 bridgehead atoms. The first-order valence-corrected chi connectivity index (χ1v) is 12.1. The summed E-state index contributed by atoms with van der Waals surface area (Å²) in [6, 6.07) is 14.1. The van der Waals surface area contributed by atoms with Crippen LogP contribution in [0.15, 0.2) is 84.0 Å². The van der Waals surface area contributed by atoms with Gasteiger partial charge in [0.25, 0.3) is 0 Å². The Hall–Kier alpha value is -2.34. The number of rotatable bonds is 2. The van der Waals surface area contributed by atoms with Gasteiger partial charge in [-0.3, -0.25) is 0 Å². The Morgan fingerprint density at radius 3 is 2.07 bits per heavy atom. The fraction of sp³-hybridized carbons (Fsp3) is 0.400. The summed E-state index contributed by atoms with van der Waals surface area (Å²) in [5, 5.41) is 2.92. The number of hydrogen-bond acceptors (Lipinski definition) is 0. The van der Waals surface area contributed by atoms with Crippen molar-refractivity contribution in [2.45, 2.75) is 63.2 Å². The van der Waals surface area contributed by atoms with Gasteiger partial charge in [0.15, 0.2) is 0 Å². The van der Waals surface area contributed by atoms with Crippen LogP contribution < -0.4 is 0 Å². The van der Waals surface area contributed by atoms with Gasteiger partial charge in [0.05, 0.1) is 0 Å². The molecule has 0 N–H and O–H groups in total. The lowest BCUT2D eigenvalue weighted by Crippen LogP contribution is -2.24. The second-order valence-electron chi connectivity index (χ2n) is 9.81. The Morgan fingerprint density at radius 1 is 0.633 bits per heavy atom. The van der Waals surface area contributed by atoms with Crippen molar-refractivity contribution in [3.05, 3.63) is 95.1 Å². The van der Waals surface area contributed by atoms with Gasteiger partial charge in [-0.05, 0) is 72.3 Å². The predicted molar refractivity (Wildman–Crippen MR) is 128 cm³/mol. The SMILES string of the molecule is C1=CCC2CCCC(c3ccc4ccccc4c3C3CCCC4CC=CC=C43)C2=C1. The lowest BCUT2D eigenvalue weighted by Gasteiger charge is -2.39. The molecule has 4 aliphatic carbocycles. The minimum Gasteiger partial charge on any atom is -0.0839 e. The summed E-state index contributed by atoms with van der Waals surface area (Å²) in [7, 11) is 0. The molecule has 0 heterocycles. The first-order chi connectivity index (χ1) is 14.9. The highest BCUT2D eigenvalue weighted by atomic mass is 14.4.